The van der Waals surface area contributed by atoms with E-state index < -0.39 is 54.3 Å². The molecular weight excluding hydrogens is 402 g/mol. The van der Waals surface area contributed by atoms with Crippen molar-refractivity contribution in [3.63, 3.8) is 0 Å². The number of hydrogen-bond donors (Lipinski definition) is 6. The van der Waals surface area contributed by atoms with E-state index in [1.807, 2.05) is 20.1 Å². The molecule has 0 heterocycles. The second kappa shape index (κ2) is 13.8. The van der Waals surface area contributed by atoms with Crippen molar-refractivity contribution < 1.29 is 29.1 Å². The molecule has 0 bridgehead atoms. The van der Waals surface area contributed by atoms with E-state index in [1.54, 1.807) is 0 Å². The third kappa shape index (κ3) is 12.0. The average molecular weight is 434 g/mol. The summed E-state index contributed by atoms with van der Waals surface area (Å²) in [7, 11) is 0. The van der Waals surface area contributed by atoms with Gasteiger partial charge in [-0.1, -0.05) is 13.8 Å². The van der Waals surface area contributed by atoms with Crippen LogP contribution < -0.4 is 27.4 Å². The van der Waals surface area contributed by atoms with Gasteiger partial charge in [-0.25, -0.2) is 0 Å². The first-order valence-electron chi connectivity index (χ1n) is 9.10. The molecule has 3 unspecified atom stereocenters. The minimum atomic E-state index is -1.21. The lowest BCUT2D eigenvalue weighted by atomic mass is 10.0. The molecule has 8 N–H and O–H groups in total. The lowest BCUT2D eigenvalue weighted by Crippen LogP contribution is -2.56. The third-order valence-corrected chi connectivity index (χ3v) is 4.40. The average Bonchev–Trinajstić information content (AvgIpc) is 2.61. The molecule has 0 aliphatic carbocycles. The summed E-state index contributed by atoms with van der Waals surface area (Å²) in [5.74, 6) is -3.31. The van der Waals surface area contributed by atoms with Gasteiger partial charge in [0.1, 0.15) is 18.6 Å². The number of nitrogens with two attached hydrogens (primary N) is 2. The van der Waals surface area contributed by atoms with Gasteiger partial charge in [0, 0.05) is 0 Å². The summed E-state index contributed by atoms with van der Waals surface area (Å²) in [4.78, 5) is 58.7. The summed E-state index contributed by atoms with van der Waals surface area (Å²) in [5, 5.41) is 16.0. The number of nitrogens with one attached hydrogen (secondary N) is 3. The van der Waals surface area contributed by atoms with Gasteiger partial charge in [-0.05, 0) is 30.8 Å². The van der Waals surface area contributed by atoms with Gasteiger partial charge in [0.2, 0.25) is 23.6 Å². The summed E-state index contributed by atoms with van der Waals surface area (Å²) in [6.07, 6.45) is 2.02. The topological polar surface area (TPSA) is 194 Å². The van der Waals surface area contributed by atoms with Gasteiger partial charge < -0.3 is 32.5 Å². The first-order chi connectivity index (χ1) is 13.5. The molecule has 29 heavy (non-hydrogen) atoms. The molecule has 3 atom stereocenters. The van der Waals surface area contributed by atoms with E-state index in [0.29, 0.717) is 5.75 Å². The molecule has 0 aromatic heterocycles. The first kappa shape index (κ1) is 26.7. The van der Waals surface area contributed by atoms with Crippen molar-refractivity contribution in [3.8, 4) is 0 Å². The number of thioether (sulfide) groups is 1. The van der Waals surface area contributed by atoms with Crippen molar-refractivity contribution in [2.45, 2.75) is 51.2 Å². The maximum absolute atomic E-state index is 12.7. The number of amides is 4. The molecule has 0 saturated carbocycles. The first-order valence-corrected chi connectivity index (χ1v) is 10.5. The number of carboxylic acid groups (broad SMARTS) is 1. The molecule has 0 aromatic carbocycles. The van der Waals surface area contributed by atoms with Crippen LogP contribution in [0.1, 0.15) is 33.1 Å². The molecule has 12 heteroatoms. The highest BCUT2D eigenvalue weighted by Crippen LogP contribution is 2.07. The zero-order chi connectivity index (χ0) is 22.6. The zero-order valence-corrected chi connectivity index (χ0v) is 17.7. The smallest absolute Gasteiger partial charge is 0.322 e. The van der Waals surface area contributed by atoms with Gasteiger partial charge in [-0.2, -0.15) is 11.8 Å². The van der Waals surface area contributed by atoms with Crippen LogP contribution in [0.2, 0.25) is 0 Å². The molecule has 0 aromatic rings. The minimum absolute atomic E-state index is 0.0408. The highest BCUT2D eigenvalue weighted by atomic mass is 32.2. The molecule has 0 radical (unpaired) electrons. The summed E-state index contributed by atoms with van der Waals surface area (Å²) in [6.45, 7) is 3.12. The molecule has 0 rings (SSSR count). The highest BCUT2D eigenvalue weighted by Gasteiger charge is 2.28. The maximum atomic E-state index is 12.7. The fourth-order valence-corrected chi connectivity index (χ4v) is 2.83. The predicted octanol–water partition coefficient (Wildman–Crippen LogP) is -1.84. The van der Waals surface area contributed by atoms with E-state index in [2.05, 4.69) is 16.0 Å². The Balaban J connectivity index is 5.20. The van der Waals surface area contributed by atoms with Crippen molar-refractivity contribution in [3.05, 3.63) is 0 Å². The van der Waals surface area contributed by atoms with Crippen molar-refractivity contribution >= 4 is 41.4 Å². The Kier molecular flexibility index (Phi) is 12.7. The van der Waals surface area contributed by atoms with Crippen LogP contribution in [0, 0.1) is 5.92 Å². The molecule has 0 aliphatic heterocycles. The van der Waals surface area contributed by atoms with Crippen LogP contribution >= 0.6 is 11.8 Å². The van der Waals surface area contributed by atoms with Crippen molar-refractivity contribution in [2.75, 3.05) is 18.6 Å². The fourth-order valence-electron chi connectivity index (χ4n) is 2.35. The Morgan fingerprint density at radius 3 is 2.07 bits per heavy atom. The van der Waals surface area contributed by atoms with Crippen LogP contribution in [0.5, 0.6) is 0 Å². The van der Waals surface area contributed by atoms with E-state index in [9.17, 15) is 24.0 Å². The van der Waals surface area contributed by atoms with Gasteiger partial charge in [0.15, 0.2) is 0 Å². The molecule has 11 nitrogen and oxygen atoms in total. The molecule has 0 spiro atoms. The summed E-state index contributed by atoms with van der Waals surface area (Å²) < 4.78 is 0. The number of carboxylic acids is 1. The quantitative estimate of drug-likeness (QED) is 0.184. The Hall–Kier alpha value is -2.34. The van der Waals surface area contributed by atoms with Gasteiger partial charge in [0.25, 0.3) is 0 Å². The fraction of sp³-hybridized carbons (Fsp3) is 0.706. The van der Waals surface area contributed by atoms with E-state index in [-0.39, 0.29) is 25.2 Å². The zero-order valence-electron chi connectivity index (χ0n) is 16.9. The summed E-state index contributed by atoms with van der Waals surface area (Å²) in [6, 6.07) is -3.13. The van der Waals surface area contributed by atoms with E-state index in [0.717, 1.165) is 0 Å². The van der Waals surface area contributed by atoms with E-state index >= 15 is 0 Å². The lowest BCUT2D eigenvalue weighted by Gasteiger charge is -2.24. The normalized spacial score (nSPS) is 13.8. The van der Waals surface area contributed by atoms with Crippen LogP contribution in [0.15, 0.2) is 0 Å². The largest absolute Gasteiger partial charge is 0.480 e. The molecule has 4 amide bonds. The number of rotatable bonds is 14. The van der Waals surface area contributed by atoms with Crippen LogP contribution in [-0.4, -0.2) is 71.4 Å². The van der Waals surface area contributed by atoms with Crippen LogP contribution in [-0.2, 0) is 24.0 Å². The van der Waals surface area contributed by atoms with E-state index in [1.165, 1.54) is 11.8 Å². The van der Waals surface area contributed by atoms with Crippen LogP contribution in [0.25, 0.3) is 0 Å². The van der Waals surface area contributed by atoms with Gasteiger partial charge in [0.05, 0.1) is 12.5 Å². The molecular formula is C17H31N5O6S. The van der Waals surface area contributed by atoms with Crippen molar-refractivity contribution in [1.82, 2.24) is 16.0 Å². The highest BCUT2D eigenvalue weighted by molar-refractivity contribution is 7.98. The second-order valence-electron chi connectivity index (χ2n) is 6.92. The number of hydrogen-bond acceptors (Lipinski definition) is 7. The standard InChI is InChI=1S/C17H31N5O6S/c1-9(2)6-12(16(27)20-8-14(24)25)22-17(28)11(4-5-29-3)21-15(26)10(18)7-13(19)23/h9-12H,4-8,18H2,1-3H3,(H2,19,23)(H,20,27)(H,21,26)(H,22,28)(H,24,25). The second-order valence-corrected chi connectivity index (χ2v) is 7.91. The Bertz CT molecular complexity index is 601. The monoisotopic (exact) mass is 433 g/mol. The van der Waals surface area contributed by atoms with E-state index in [4.69, 9.17) is 16.6 Å². The Morgan fingerprint density at radius 1 is 1.00 bits per heavy atom. The maximum Gasteiger partial charge on any atom is 0.322 e. The predicted molar refractivity (Wildman–Crippen MR) is 109 cm³/mol. The SMILES string of the molecule is CSCCC(NC(=O)C(N)CC(N)=O)C(=O)NC(CC(C)C)C(=O)NCC(=O)O. The molecule has 0 aliphatic rings. The Labute approximate surface area is 174 Å². The third-order valence-electron chi connectivity index (χ3n) is 3.76. The minimum Gasteiger partial charge on any atom is -0.480 e. The van der Waals surface area contributed by atoms with Crippen LogP contribution in [0.3, 0.4) is 0 Å². The van der Waals surface area contributed by atoms with Gasteiger partial charge in [-0.3, -0.25) is 24.0 Å². The summed E-state index contributed by atoms with van der Waals surface area (Å²) in [5.41, 5.74) is 10.6. The number of aliphatic carboxylic acids is 1. The summed E-state index contributed by atoms with van der Waals surface area (Å²) >= 11 is 1.46. The van der Waals surface area contributed by atoms with Crippen LogP contribution in [0.4, 0.5) is 0 Å². The van der Waals surface area contributed by atoms with Crippen molar-refractivity contribution in [1.29, 1.82) is 0 Å². The molecule has 0 fully saturated rings. The molecule has 0 saturated heterocycles. The number of carbonyl (C=O) groups is 5. The van der Waals surface area contributed by atoms with Gasteiger partial charge in [-0.15, -0.1) is 0 Å². The number of carbonyl (C=O) groups excluding carboxylic acids is 4. The van der Waals surface area contributed by atoms with Gasteiger partial charge >= 0.3 is 5.97 Å². The van der Waals surface area contributed by atoms with Crippen molar-refractivity contribution in [2.24, 2.45) is 17.4 Å². The lowest BCUT2D eigenvalue weighted by molar-refractivity contribution is -0.138. The Morgan fingerprint density at radius 2 is 1.59 bits per heavy atom. The molecule has 166 valence electrons. The number of primary amides is 1.